The first-order chi connectivity index (χ1) is 13.2. The topological polar surface area (TPSA) is 51.0 Å². The number of hydrogen-bond donors (Lipinski definition) is 1. The highest BCUT2D eigenvalue weighted by atomic mass is 35.5. The van der Waals surface area contributed by atoms with Crippen molar-refractivity contribution in [2.45, 2.75) is 6.04 Å². The van der Waals surface area contributed by atoms with E-state index in [4.69, 9.17) is 16.0 Å². The average molecular weight is 380 g/mol. The third-order valence-electron chi connectivity index (χ3n) is 4.05. The summed E-state index contributed by atoms with van der Waals surface area (Å²) < 4.78 is 19.4. The molecule has 1 atom stereocenters. The number of anilines is 1. The third-order valence-corrected chi connectivity index (χ3v) is 4.30. The minimum atomic E-state index is -0.375. The highest BCUT2D eigenvalue weighted by Crippen LogP contribution is 2.29. The summed E-state index contributed by atoms with van der Waals surface area (Å²) in [5, 5.41) is 12.3. The molecular weight excluding hydrogens is 365 g/mol. The van der Waals surface area contributed by atoms with Crippen LogP contribution >= 0.6 is 11.6 Å². The molecule has 0 aliphatic heterocycles. The summed E-state index contributed by atoms with van der Waals surface area (Å²) in [5.41, 5.74) is 2.35. The van der Waals surface area contributed by atoms with Crippen LogP contribution in [0, 0.1) is 5.82 Å². The Hall–Kier alpha value is -3.18. The van der Waals surface area contributed by atoms with Gasteiger partial charge in [0.25, 0.3) is 0 Å². The number of hydrogen-bond acceptors (Lipinski definition) is 4. The molecule has 1 aromatic heterocycles. The van der Waals surface area contributed by atoms with Crippen LogP contribution in [-0.2, 0) is 0 Å². The maximum absolute atomic E-state index is 13.5. The van der Waals surface area contributed by atoms with E-state index in [2.05, 4.69) is 15.5 Å². The summed E-state index contributed by atoms with van der Waals surface area (Å²) in [7, 11) is 0. The van der Waals surface area contributed by atoms with E-state index in [0.717, 1.165) is 11.3 Å². The van der Waals surface area contributed by atoms with E-state index < -0.39 is 0 Å². The second kappa shape index (κ2) is 7.60. The molecule has 134 valence electrons. The maximum Gasteiger partial charge on any atom is 0.247 e. The Balaban J connectivity index is 1.71. The van der Waals surface area contributed by atoms with Crippen LogP contribution in [0.4, 0.5) is 10.1 Å². The fraction of sp³-hybridized carbons (Fsp3) is 0.0476. The molecule has 1 heterocycles. The van der Waals surface area contributed by atoms with Crippen LogP contribution in [0.15, 0.2) is 83.3 Å². The van der Waals surface area contributed by atoms with E-state index in [0.29, 0.717) is 16.5 Å². The van der Waals surface area contributed by atoms with Crippen molar-refractivity contribution < 1.29 is 8.81 Å². The van der Waals surface area contributed by atoms with Gasteiger partial charge in [-0.3, -0.25) is 0 Å². The van der Waals surface area contributed by atoms with Crippen molar-refractivity contribution in [3.63, 3.8) is 0 Å². The van der Waals surface area contributed by atoms with Gasteiger partial charge in [-0.05, 0) is 48.0 Å². The lowest BCUT2D eigenvalue weighted by Gasteiger charge is -2.17. The van der Waals surface area contributed by atoms with Crippen LogP contribution in [0.1, 0.15) is 17.5 Å². The van der Waals surface area contributed by atoms with Gasteiger partial charge in [0.15, 0.2) is 0 Å². The summed E-state index contributed by atoms with van der Waals surface area (Å²) in [4.78, 5) is 0. The number of para-hydroxylation sites is 1. The zero-order valence-corrected chi connectivity index (χ0v) is 14.9. The molecular formula is C21H15ClFN3O. The Morgan fingerprint density at radius 2 is 1.67 bits per heavy atom. The van der Waals surface area contributed by atoms with Gasteiger partial charge >= 0.3 is 0 Å². The molecule has 4 aromatic rings. The molecule has 0 fully saturated rings. The summed E-state index contributed by atoms with van der Waals surface area (Å²) >= 11 is 6.01. The first kappa shape index (κ1) is 17.2. The standard InChI is InChI=1S/C21H15ClFN3O/c22-16-11-9-14(10-12-16)19(24-18-7-2-1-3-8-18)21-26-25-20(27-21)15-5-4-6-17(23)13-15/h1-13,19,24H/t19-/m1/s1. The second-order valence-electron chi connectivity index (χ2n) is 5.95. The minimum Gasteiger partial charge on any atom is -0.418 e. The van der Waals surface area contributed by atoms with Crippen LogP contribution in [-0.4, -0.2) is 10.2 Å². The van der Waals surface area contributed by atoms with E-state index in [9.17, 15) is 4.39 Å². The molecule has 0 aliphatic rings. The average Bonchev–Trinajstić information content (AvgIpc) is 3.18. The first-order valence-electron chi connectivity index (χ1n) is 8.35. The van der Waals surface area contributed by atoms with Gasteiger partial charge in [0.1, 0.15) is 11.9 Å². The first-order valence-corrected chi connectivity index (χ1v) is 8.73. The molecule has 4 nitrogen and oxygen atoms in total. The molecule has 0 bridgehead atoms. The van der Waals surface area contributed by atoms with Crippen LogP contribution in [0.3, 0.4) is 0 Å². The molecule has 3 aromatic carbocycles. The lowest BCUT2D eigenvalue weighted by atomic mass is 10.1. The molecule has 0 amide bonds. The van der Waals surface area contributed by atoms with E-state index in [-0.39, 0.29) is 17.7 Å². The number of aromatic nitrogens is 2. The van der Waals surface area contributed by atoms with Crippen molar-refractivity contribution in [1.82, 2.24) is 10.2 Å². The minimum absolute atomic E-state index is 0.262. The molecule has 1 N–H and O–H groups in total. The van der Waals surface area contributed by atoms with Crippen molar-refractivity contribution in [3.8, 4) is 11.5 Å². The molecule has 0 unspecified atom stereocenters. The van der Waals surface area contributed by atoms with Gasteiger partial charge in [-0.2, -0.15) is 0 Å². The van der Waals surface area contributed by atoms with Gasteiger partial charge in [0.05, 0.1) is 0 Å². The smallest absolute Gasteiger partial charge is 0.247 e. The molecule has 4 rings (SSSR count). The van der Waals surface area contributed by atoms with Crippen LogP contribution < -0.4 is 5.32 Å². The van der Waals surface area contributed by atoms with E-state index in [1.165, 1.54) is 12.1 Å². The Kier molecular flexibility index (Phi) is 4.85. The van der Waals surface area contributed by atoms with Crippen molar-refractivity contribution in [2.75, 3.05) is 5.32 Å². The quantitative estimate of drug-likeness (QED) is 0.481. The number of halogens is 2. The monoisotopic (exact) mass is 379 g/mol. The molecule has 0 saturated heterocycles. The van der Waals surface area contributed by atoms with Gasteiger partial charge in [0.2, 0.25) is 11.8 Å². The zero-order chi connectivity index (χ0) is 18.6. The van der Waals surface area contributed by atoms with Crippen molar-refractivity contribution in [2.24, 2.45) is 0 Å². The Morgan fingerprint density at radius 3 is 2.41 bits per heavy atom. The van der Waals surface area contributed by atoms with Gasteiger partial charge < -0.3 is 9.73 Å². The van der Waals surface area contributed by atoms with Gasteiger partial charge in [-0.1, -0.05) is 48.0 Å². The van der Waals surface area contributed by atoms with E-state index in [1.807, 2.05) is 42.5 Å². The van der Waals surface area contributed by atoms with Crippen molar-refractivity contribution in [1.29, 1.82) is 0 Å². The summed E-state index contributed by atoms with van der Waals surface area (Å²) in [5.74, 6) is 0.280. The largest absolute Gasteiger partial charge is 0.418 e. The fourth-order valence-electron chi connectivity index (χ4n) is 2.73. The zero-order valence-electron chi connectivity index (χ0n) is 14.1. The van der Waals surface area contributed by atoms with Crippen molar-refractivity contribution in [3.05, 3.63) is 101 Å². The predicted octanol–water partition coefficient (Wildman–Crippen LogP) is 5.73. The van der Waals surface area contributed by atoms with Crippen LogP contribution in [0.5, 0.6) is 0 Å². The fourth-order valence-corrected chi connectivity index (χ4v) is 2.86. The van der Waals surface area contributed by atoms with Crippen LogP contribution in [0.25, 0.3) is 11.5 Å². The normalized spacial score (nSPS) is 11.9. The Labute approximate surface area is 160 Å². The van der Waals surface area contributed by atoms with E-state index in [1.54, 1.807) is 24.3 Å². The molecule has 6 heteroatoms. The third kappa shape index (κ3) is 3.99. The number of rotatable bonds is 5. The number of nitrogens with one attached hydrogen (secondary N) is 1. The van der Waals surface area contributed by atoms with Gasteiger partial charge in [-0.15, -0.1) is 10.2 Å². The lowest BCUT2D eigenvalue weighted by molar-refractivity contribution is 0.493. The molecule has 0 radical (unpaired) electrons. The lowest BCUT2D eigenvalue weighted by Crippen LogP contribution is -2.12. The highest BCUT2D eigenvalue weighted by Gasteiger charge is 2.21. The Bertz CT molecular complexity index is 1030. The van der Waals surface area contributed by atoms with Crippen LogP contribution in [0.2, 0.25) is 5.02 Å². The van der Waals surface area contributed by atoms with Gasteiger partial charge in [0, 0.05) is 16.3 Å². The number of nitrogens with zero attached hydrogens (tertiary/aromatic N) is 2. The van der Waals surface area contributed by atoms with E-state index >= 15 is 0 Å². The summed E-state index contributed by atoms with van der Waals surface area (Å²) in [6.07, 6.45) is 0. The molecule has 27 heavy (non-hydrogen) atoms. The maximum atomic E-state index is 13.5. The number of benzene rings is 3. The Morgan fingerprint density at radius 1 is 0.889 bits per heavy atom. The molecule has 0 spiro atoms. The SMILES string of the molecule is Fc1cccc(-c2nnc([C@H](Nc3ccccc3)c3ccc(Cl)cc3)o2)c1. The van der Waals surface area contributed by atoms with Crippen molar-refractivity contribution >= 4 is 17.3 Å². The predicted molar refractivity (Wildman–Crippen MR) is 103 cm³/mol. The van der Waals surface area contributed by atoms with Gasteiger partial charge in [-0.25, -0.2) is 4.39 Å². The summed E-state index contributed by atoms with van der Waals surface area (Å²) in [6.45, 7) is 0. The molecule has 0 aliphatic carbocycles. The highest BCUT2D eigenvalue weighted by molar-refractivity contribution is 6.30. The molecule has 0 saturated carbocycles. The summed E-state index contributed by atoms with van der Waals surface area (Å²) in [6, 6.07) is 22.8. The second-order valence-corrected chi connectivity index (χ2v) is 6.39.